The number of para-hydroxylation sites is 4. The summed E-state index contributed by atoms with van der Waals surface area (Å²) >= 11 is 0. The molecule has 0 saturated carbocycles. The maximum absolute atomic E-state index is 6.55. The average Bonchev–Trinajstić information content (AvgIpc) is 3.82. The van der Waals surface area contributed by atoms with Crippen molar-refractivity contribution in [3.05, 3.63) is 145 Å². The van der Waals surface area contributed by atoms with Crippen molar-refractivity contribution in [3.8, 4) is 27.9 Å². The molecule has 3 aromatic heterocycles. The van der Waals surface area contributed by atoms with E-state index in [1.54, 1.807) is 0 Å². The SMILES string of the molecule is CCc1nc2ccccc2n1-c1cccc(-c2ccc3cc(-c4cc5c6ccccc6oc5c5c4oc4ccccc45)ccc3c2)c1. The van der Waals surface area contributed by atoms with Crippen LogP contribution in [0.25, 0.3) is 93.6 Å². The summed E-state index contributed by atoms with van der Waals surface area (Å²) in [6.07, 6.45) is 0.862. The van der Waals surface area contributed by atoms with E-state index in [0.717, 1.165) is 84.0 Å². The third-order valence-corrected chi connectivity index (χ3v) is 9.53. The fourth-order valence-corrected chi connectivity index (χ4v) is 7.30. The van der Waals surface area contributed by atoms with Gasteiger partial charge in [0.1, 0.15) is 28.2 Å². The van der Waals surface area contributed by atoms with Crippen LogP contribution in [0.1, 0.15) is 12.7 Å². The van der Waals surface area contributed by atoms with Crippen LogP contribution in [0.15, 0.2) is 148 Å². The second kappa shape index (κ2) is 9.93. The maximum Gasteiger partial charge on any atom is 0.147 e. The zero-order chi connectivity index (χ0) is 31.1. The van der Waals surface area contributed by atoms with Crippen LogP contribution in [0.4, 0.5) is 0 Å². The first-order valence-electron chi connectivity index (χ1n) is 16.1. The van der Waals surface area contributed by atoms with E-state index in [1.807, 2.05) is 30.3 Å². The first-order valence-corrected chi connectivity index (χ1v) is 16.1. The van der Waals surface area contributed by atoms with Crippen molar-refractivity contribution in [2.75, 3.05) is 0 Å². The highest BCUT2D eigenvalue weighted by Gasteiger charge is 2.20. The van der Waals surface area contributed by atoms with Gasteiger partial charge in [-0.2, -0.15) is 0 Å². The Morgan fingerprint density at radius 3 is 2.09 bits per heavy atom. The van der Waals surface area contributed by atoms with E-state index in [9.17, 15) is 0 Å². The molecule has 0 aliphatic rings. The summed E-state index contributed by atoms with van der Waals surface area (Å²) in [5.41, 5.74) is 11.3. The van der Waals surface area contributed by atoms with E-state index in [4.69, 9.17) is 13.8 Å². The quantitative estimate of drug-likeness (QED) is 0.201. The molecule has 10 rings (SSSR count). The Morgan fingerprint density at radius 1 is 0.553 bits per heavy atom. The first kappa shape index (κ1) is 26.1. The van der Waals surface area contributed by atoms with Gasteiger partial charge in [-0.1, -0.05) is 91.9 Å². The minimum absolute atomic E-state index is 0.851. The Balaban J connectivity index is 1.11. The molecule has 0 N–H and O–H groups in total. The highest BCUT2D eigenvalue weighted by atomic mass is 16.3. The predicted molar refractivity (Wildman–Crippen MR) is 193 cm³/mol. The van der Waals surface area contributed by atoms with E-state index in [2.05, 4.69) is 121 Å². The summed E-state index contributed by atoms with van der Waals surface area (Å²) in [7, 11) is 0. The maximum atomic E-state index is 6.55. The van der Waals surface area contributed by atoms with Crippen LogP contribution >= 0.6 is 0 Å². The second-order valence-corrected chi connectivity index (χ2v) is 12.2. The lowest BCUT2D eigenvalue weighted by Crippen LogP contribution is -2.00. The number of nitrogens with zero attached hydrogens (tertiary/aromatic N) is 2. The molecule has 4 heteroatoms. The summed E-state index contributed by atoms with van der Waals surface area (Å²) in [5.74, 6) is 1.06. The monoisotopic (exact) mass is 604 g/mol. The fraction of sp³-hybridized carbons (Fsp3) is 0.0465. The topological polar surface area (TPSA) is 44.1 Å². The van der Waals surface area contributed by atoms with Gasteiger partial charge in [0, 0.05) is 33.8 Å². The predicted octanol–water partition coefficient (Wildman–Crippen LogP) is 11.9. The van der Waals surface area contributed by atoms with Crippen LogP contribution < -0.4 is 0 Å². The lowest BCUT2D eigenvalue weighted by Gasteiger charge is -2.12. The van der Waals surface area contributed by atoms with E-state index in [0.29, 0.717) is 0 Å². The first-order chi connectivity index (χ1) is 23.2. The molecule has 0 aliphatic carbocycles. The molecule has 4 nitrogen and oxygen atoms in total. The number of furan rings is 2. The van der Waals surface area contributed by atoms with Gasteiger partial charge >= 0.3 is 0 Å². The minimum atomic E-state index is 0.851. The van der Waals surface area contributed by atoms with E-state index >= 15 is 0 Å². The molecule has 0 amide bonds. The Labute approximate surface area is 270 Å². The number of hydrogen-bond acceptors (Lipinski definition) is 3. The molecular weight excluding hydrogens is 576 g/mol. The smallest absolute Gasteiger partial charge is 0.147 e. The molecule has 0 radical (unpaired) electrons. The molecule has 0 atom stereocenters. The van der Waals surface area contributed by atoms with Crippen LogP contribution in [0.3, 0.4) is 0 Å². The molecule has 7 aromatic carbocycles. The lowest BCUT2D eigenvalue weighted by atomic mass is 9.95. The summed E-state index contributed by atoms with van der Waals surface area (Å²) in [6.45, 7) is 2.16. The highest BCUT2D eigenvalue weighted by molar-refractivity contribution is 6.25. The van der Waals surface area contributed by atoms with E-state index < -0.39 is 0 Å². The van der Waals surface area contributed by atoms with Gasteiger partial charge in [-0.25, -0.2) is 4.98 Å². The van der Waals surface area contributed by atoms with Crippen LogP contribution in [0, 0.1) is 0 Å². The Hall–Kier alpha value is -6.13. The van der Waals surface area contributed by atoms with Crippen molar-refractivity contribution >= 4 is 65.7 Å². The summed E-state index contributed by atoms with van der Waals surface area (Å²) < 4.78 is 15.3. The number of hydrogen-bond donors (Lipinski definition) is 0. The van der Waals surface area contributed by atoms with Gasteiger partial charge in [-0.15, -0.1) is 0 Å². The van der Waals surface area contributed by atoms with Crippen molar-refractivity contribution in [2.45, 2.75) is 13.3 Å². The molecule has 222 valence electrons. The fourth-order valence-electron chi connectivity index (χ4n) is 7.30. The standard InChI is InChI=1S/C43H28N2O2/c1-2-40-44-36-14-5-6-15-37(36)45(40)31-11-9-10-26(24-31)27-18-19-29-23-30(21-20-28(29)22-27)34-25-35-32-12-3-7-16-38(32)46-43(35)41-33-13-4-8-17-39(33)47-42(34)41/h3-25H,2H2,1H3. The molecule has 0 fully saturated rings. The van der Waals surface area contributed by atoms with Gasteiger partial charge in [0.25, 0.3) is 0 Å². The van der Waals surface area contributed by atoms with Gasteiger partial charge in [-0.3, -0.25) is 4.57 Å². The van der Waals surface area contributed by atoms with Crippen LogP contribution in [-0.4, -0.2) is 9.55 Å². The normalized spacial score (nSPS) is 12.0. The van der Waals surface area contributed by atoms with Gasteiger partial charge in [-0.05, 0) is 82.1 Å². The summed E-state index contributed by atoms with van der Waals surface area (Å²) in [6, 6.07) is 49.3. The summed E-state index contributed by atoms with van der Waals surface area (Å²) in [4.78, 5) is 4.89. The zero-order valence-corrected chi connectivity index (χ0v) is 25.7. The molecular formula is C43H28N2O2. The molecule has 3 heterocycles. The van der Waals surface area contributed by atoms with Crippen LogP contribution in [0.5, 0.6) is 0 Å². The Kier molecular flexibility index (Phi) is 5.52. The third-order valence-electron chi connectivity index (χ3n) is 9.53. The highest BCUT2D eigenvalue weighted by Crippen LogP contribution is 2.44. The number of aromatic nitrogens is 2. The largest absolute Gasteiger partial charge is 0.455 e. The van der Waals surface area contributed by atoms with Gasteiger partial charge in [0.05, 0.1) is 16.4 Å². The Morgan fingerprint density at radius 2 is 1.23 bits per heavy atom. The van der Waals surface area contributed by atoms with Crippen molar-refractivity contribution in [1.82, 2.24) is 9.55 Å². The zero-order valence-electron chi connectivity index (χ0n) is 25.7. The molecule has 47 heavy (non-hydrogen) atoms. The number of imidazole rings is 1. The number of aryl methyl sites for hydroxylation is 1. The van der Waals surface area contributed by atoms with Crippen molar-refractivity contribution in [1.29, 1.82) is 0 Å². The van der Waals surface area contributed by atoms with Gasteiger partial charge in [0.15, 0.2) is 0 Å². The lowest BCUT2D eigenvalue weighted by molar-refractivity contribution is 0.663. The van der Waals surface area contributed by atoms with Crippen LogP contribution in [-0.2, 0) is 6.42 Å². The van der Waals surface area contributed by atoms with Crippen molar-refractivity contribution in [2.24, 2.45) is 0 Å². The molecule has 0 saturated heterocycles. The molecule has 10 aromatic rings. The van der Waals surface area contributed by atoms with Gasteiger partial charge in [0.2, 0.25) is 0 Å². The minimum Gasteiger partial charge on any atom is -0.455 e. The van der Waals surface area contributed by atoms with Crippen LogP contribution in [0.2, 0.25) is 0 Å². The second-order valence-electron chi connectivity index (χ2n) is 12.2. The number of fused-ring (bicyclic) bond motifs is 9. The van der Waals surface area contributed by atoms with Crippen molar-refractivity contribution in [3.63, 3.8) is 0 Å². The third kappa shape index (κ3) is 3.91. The number of rotatable bonds is 4. The molecule has 0 unspecified atom stereocenters. The summed E-state index contributed by atoms with van der Waals surface area (Å²) in [5, 5.41) is 6.67. The Bertz CT molecular complexity index is 2850. The van der Waals surface area contributed by atoms with Crippen molar-refractivity contribution < 1.29 is 8.83 Å². The average molecular weight is 605 g/mol. The van der Waals surface area contributed by atoms with E-state index in [1.165, 1.54) is 21.9 Å². The molecule has 0 spiro atoms. The molecule has 0 bridgehead atoms. The molecule has 0 aliphatic heterocycles. The number of benzene rings is 7. The van der Waals surface area contributed by atoms with E-state index in [-0.39, 0.29) is 0 Å². The van der Waals surface area contributed by atoms with Gasteiger partial charge < -0.3 is 8.83 Å².